The fraction of sp³-hybridized carbons (Fsp3) is 0.183. The molecule has 0 spiro atoms. The Labute approximate surface area is 523 Å². The number of benzene rings is 9. The molecule has 0 saturated carbocycles. The number of sulfonamides is 1. The SMILES string of the molecule is CC(=O)c1ccccc1-c1ccc2nc(CCc3cccc(C(F)(F)F)c3)[nH]c2c1.CC(O)c1ccccc1-c1ccc2nc(CCc3cccc(C(F)(F)F)c3)[nH]c2c1.CS(=O)(=O)Nc1ccccc1-c1ccc2nc(CCc3cccc(C(F)(F)F)c3)[nH]c2c1. The Morgan fingerprint density at radius 2 is 0.815 bits per heavy atom. The first-order valence-electron chi connectivity index (χ1n) is 29.1. The number of aliphatic hydroxyl groups excluding tert-OH is 1. The van der Waals surface area contributed by atoms with Crippen molar-refractivity contribution in [3.05, 3.63) is 262 Å². The molecule has 21 heteroatoms. The van der Waals surface area contributed by atoms with E-state index in [-0.39, 0.29) is 5.78 Å². The van der Waals surface area contributed by atoms with Crippen molar-refractivity contribution >= 4 is 54.6 Å². The van der Waals surface area contributed by atoms with E-state index in [4.69, 9.17) is 0 Å². The second kappa shape index (κ2) is 27.3. The number of hydrogen-bond acceptors (Lipinski definition) is 7. The van der Waals surface area contributed by atoms with Gasteiger partial charge in [0.2, 0.25) is 10.0 Å². The van der Waals surface area contributed by atoms with Gasteiger partial charge in [0.25, 0.3) is 0 Å². The fourth-order valence-electron chi connectivity index (χ4n) is 10.7. The van der Waals surface area contributed by atoms with Crippen LogP contribution in [0.5, 0.6) is 0 Å². The van der Waals surface area contributed by atoms with Crippen molar-refractivity contribution in [1.82, 2.24) is 29.9 Å². The van der Waals surface area contributed by atoms with Gasteiger partial charge in [0, 0.05) is 30.4 Å². The van der Waals surface area contributed by atoms with Crippen LogP contribution in [0.4, 0.5) is 45.2 Å². The molecule has 5 N–H and O–H groups in total. The van der Waals surface area contributed by atoms with Crippen LogP contribution in [0.3, 0.4) is 0 Å². The summed E-state index contributed by atoms with van der Waals surface area (Å²) in [5.41, 5.74) is 11.8. The summed E-state index contributed by atoms with van der Waals surface area (Å²) in [6.07, 6.45) is -9.75. The lowest BCUT2D eigenvalue weighted by atomic mass is 9.96. The molecule has 0 fully saturated rings. The van der Waals surface area contributed by atoms with Gasteiger partial charge in [-0.25, -0.2) is 23.4 Å². The molecule has 1 unspecified atom stereocenters. The zero-order chi connectivity index (χ0) is 65.5. The molecule has 0 aliphatic rings. The number of para-hydroxylation sites is 1. The molecule has 0 saturated heterocycles. The summed E-state index contributed by atoms with van der Waals surface area (Å²) < 4.78 is 142. The van der Waals surface area contributed by atoms with Gasteiger partial charge < -0.3 is 20.1 Å². The number of ketones is 1. The largest absolute Gasteiger partial charge is 0.416 e. The summed E-state index contributed by atoms with van der Waals surface area (Å²) in [7, 11) is -3.43. The molecule has 0 radical (unpaired) electrons. The molecule has 0 aliphatic heterocycles. The van der Waals surface area contributed by atoms with Crippen LogP contribution in [0.15, 0.2) is 200 Å². The number of H-pyrrole nitrogens is 3. The van der Waals surface area contributed by atoms with Crippen LogP contribution < -0.4 is 4.72 Å². The van der Waals surface area contributed by atoms with E-state index in [1.165, 1.54) is 30.3 Å². The van der Waals surface area contributed by atoms with E-state index in [0.717, 1.165) is 108 Å². The van der Waals surface area contributed by atoms with Gasteiger partial charge >= 0.3 is 18.5 Å². The van der Waals surface area contributed by atoms with Crippen LogP contribution in [0.1, 0.15) is 86.7 Å². The number of hydrogen-bond donors (Lipinski definition) is 5. The zero-order valence-electron chi connectivity index (χ0n) is 49.7. The Bertz CT molecular complexity index is 4720. The highest BCUT2D eigenvalue weighted by Gasteiger charge is 2.32. The van der Waals surface area contributed by atoms with Gasteiger partial charge in [-0.2, -0.15) is 39.5 Å². The average Bonchev–Trinajstić information content (AvgIpc) is 1.60. The van der Waals surface area contributed by atoms with E-state index in [2.05, 4.69) is 34.6 Å². The second-order valence-corrected chi connectivity index (χ2v) is 23.9. The Balaban J connectivity index is 0.000000151. The van der Waals surface area contributed by atoms with Gasteiger partial charge in [-0.3, -0.25) is 9.52 Å². The number of nitrogens with zero attached hydrogens (tertiary/aromatic N) is 3. The van der Waals surface area contributed by atoms with Crippen molar-refractivity contribution in [3.8, 4) is 33.4 Å². The number of Topliss-reactive ketones (excluding diaryl/α,β-unsaturated/α-hetero) is 1. The predicted octanol–water partition coefficient (Wildman–Crippen LogP) is 17.7. The van der Waals surface area contributed by atoms with Gasteiger partial charge in [0.05, 0.1) is 67.8 Å². The van der Waals surface area contributed by atoms with Crippen LogP contribution in [0.2, 0.25) is 0 Å². The number of aromatic nitrogens is 6. The van der Waals surface area contributed by atoms with E-state index >= 15 is 0 Å². The van der Waals surface area contributed by atoms with Gasteiger partial charge in [-0.15, -0.1) is 0 Å². The van der Waals surface area contributed by atoms with Gasteiger partial charge in [0.15, 0.2) is 5.78 Å². The third kappa shape index (κ3) is 16.6. The summed E-state index contributed by atoms with van der Waals surface area (Å²) >= 11 is 0. The molecule has 472 valence electrons. The highest BCUT2D eigenvalue weighted by molar-refractivity contribution is 7.92. The number of fused-ring (bicyclic) bond motifs is 3. The molecular weight excluding hydrogens is 1220 g/mol. The minimum atomic E-state index is -4.37. The highest BCUT2D eigenvalue weighted by Crippen LogP contribution is 2.36. The number of imidazole rings is 3. The number of rotatable bonds is 16. The summed E-state index contributed by atoms with van der Waals surface area (Å²) in [5.74, 6) is 2.09. The first-order valence-corrected chi connectivity index (χ1v) is 31.0. The molecule has 3 aromatic heterocycles. The molecule has 0 amide bonds. The number of aliphatic hydroxyl groups is 1. The minimum absolute atomic E-state index is 0.00270. The van der Waals surface area contributed by atoms with Crippen molar-refractivity contribution in [2.24, 2.45) is 0 Å². The molecule has 9 aromatic carbocycles. The smallest absolute Gasteiger partial charge is 0.389 e. The number of halogens is 9. The number of carbonyl (C=O) groups is 1. The lowest BCUT2D eigenvalue weighted by molar-refractivity contribution is -0.138. The Morgan fingerprint density at radius 1 is 0.457 bits per heavy atom. The summed E-state index contributed by atoms with van der Waals surface area (Å²) in [6, 6.07) is 55.4. The number of aromatic amines is 3. The van der Waals surface area contributed by atoms with Crippen LogP contribution in [-0.4, -0.2) is 55.5 Å². The summed E-state index contributed by atoms with van der Waals surface area (Å²) in [6.45, 7) is 3.28. The maximum atomic E-state index is 12.9. The second-order valence-electron chi connectivity index (χ2n) is 22.1. The molecule has 12 rings (SSSR count). The molecule has 0 bridgehead atoms. The number of anilines is 1. The van der Waals surface area contributed by atoms with Crippen molar-refractivity contribution < 1.29 is 57.8 Å². The number of aryl methyl sites for hydroxylation is 6. The zero-order valence-corrected chi connectivity index (χ0v) is 50.5. The average molecular weight is 1280 g/mol. The quantitative estimate of drug-likeness (QED) is 0.0474. The molecule has 1 atom stereocenters. The van der Waals surface area contributed by atoms with Crippen molar-refractivity contribution in [2.45, 2.75) is 77.0 Å². The molecule has 92 heavy (non-hydrogen) atoms. The maximum Gasteiger partial charge on any atom is 0.416 e. The molecule has 11 nitrogen and oxygen atoms in total. The predicted molar refractivity (Wildman–Crippen MR) is 340 cm³/mol. The lowest BCUT2D eigenvalue weighted by Gasteiger charge is -2.11. The molecular formula is C71H60F9N7O4S. The first-order chi connectivity index (χ1) is 43.7. The Morgan fingerprint density at radius 3 is 1.21 bits per heavy atom. The summed E-state index contributed by atoms with van der Waals surface area (Å²) in [4.78, 5) is 35.3. The van der Waals surface area contributed by atoms with E-state index in [1.54, 1.807) is 50.2 Å². The van der Waals surface area contributed by atoms with Crippen molar-refractivity contribution in [1.29, 1.82) is 0 Å². The molecule has 3 heterocycles. The van der Waals surface area contributed by atoms with Gasteiger partial charge in [-0.05, 0) is 144 Å². The van der Waals surface area contributed by atoms with E-state index < -0.39 is 51.3 Å². The van der Waals surface area contributed by atoms with Crippen molar-refractivity contribution in [3.63, 3.8) is 0 Å². The summed E-state index contributed by atoms with van der Waals surface area (Å²) in [5, 5.41) is 10.0. The number of nitrogens with one attached hydrogen (secondary N) is 4. The molecule has 12 aromatic rings. The van der Waals surface area contributed by atoms with E-state index in [1.807, 2.05) is 109 Å². The first kappa shape index (κ1) is 65.1. The monoisotopic (exact) mass is 1280 g/mol. The van der Waals surface area contributed by atoms with Gasteiger partial charge in [-0.1, -0.05) is 140 Å². The third-order valence-electron chi connectivity index (χ3n) is 15.2. The Kier molecular flexibility index (Phi) is 19.3. The van der Waals surface area contributed by atoms with Crippen LogP contribution >= 0.6 is 0 Å². The topological polar surface area (TPSA) is 170 Å². The van der Waals surface area contributed by atoms with Crippen molar-refractivity contribution in [2.75, 3.05) is 11.0 Å². The van der Waals surface area contributed by atoms with Gasteiger partial charge in [0.1, 0.15) is 17.5 Å². The minimum Gasteiger partial charge on any atom is -0.389 e. The number of carbonyl (C=O) groups excluding carboxylic acids is 1. The molecule has 0 aliphatic carbocycles. The van der Waals surface area contributed by atoms with Crippen LogP contribution in [0, 0.1) is 0 Å². The standard InChI is InChI=1S/C24H21F3N2O.C24H19F3N2O.C23H20F3N3O2S/c2*1-15(30)19-7-2-3-8-20(19)17-10-11-21-22(14-17)29-23(28-21)12-9-16-5-4-6-18(13-16)24(25,26)27;1-32(30,31)29-19-8-3-2-7-18(19)16-10-11-20-21(14-16)28-22(27-20)12-9-15-5-4-6-17(13-15)23(24,25)26/h2-8,10-11,13-15,30H,9,12H2,1H3,(H,28,29);2-8,10-11,13-14H,9,12H2,1H3,(H,28,29);2-8,10-11,13-14,29H,9,12H2,1H3,(H,27,28). The van der Waals surface area contributed by atoms with E-state index in [9.17, 15) is 57.8 Å². The number of alkyl halides is 9. The lowest BCUT2D eigenvalue weighted by Crippen LogP contribution is -2.10. The van der Waals surface area contributed by atoms with E-state index in [0.29, 0.717) is 78.1 Å². The normalized spacial score (nSPS) is 12.3. The Hall–Kier alpha value is -9.86. The maximum absolute atomic E-state index is 12.9. The van der Waals surface area contributed by atoms with Crippen LogP contribution in [0.25, 0.3) is 66.5 Å². The fourth-order valence-corrected chi connectivity index (χ4v) is 11.3. The highest BCUT2D eigenvalue weighted by atomic mass is 32.2. The van der Waals surface area contributed by atoms with Crippen LogP contribution in [-0.2, 0) is 67.1 Å². The third-order valence-corrected chi connectivity index (χ3v) is 15.8.